The summed E-state index contributed by atoms with van der Waals surface area (Å²) in [6.45, 7) is 2.78. The summed E-state index contributed by atoms with van der Waals surface area (Å²) < 4.78 is 5.16. The van der Waals surface area contributed by atoms with Gasteiger partial charge in [0.15, 0.2) is 0 Å². The van der Waals surface area contributed by atoms with E-state index in [0.717, 1.165) is 12.2 Å². The lowest BCUT2D eigenvalue weighted by Crippen LogP contribution is -1.96. The zero-order chi connectivity index (χ0) is 10.4. The summed E-state index contributed by atoms with van der Waals surface area (Å²) in [6.07, 6.45) is 3.07. The maximum absolute atomic E-state index is 5.44. The molecule has 0 spiro atoms. The van der Waals surface area contributed by atoms with E-state index in [1.807, 2.05) is 18.2 Å². The van der Waals surface area contributed by atoms with Crippen LogP contribution in [0.2, 0.25) is 0 Å². The fraction of sp³-hybridized carbons (Fsp3) is 0.333. The van der Waals surface area contributed by atoms with Crippen LogP contribution in [0, 0.1) is 0 Å². The van der Waals surface area contributed by atoms with Crippen molar-refractivity contribution in [3.63, 3.8) is 0 Å². The molecule has 2 N–H and O–H groups in total. The molecule has 2 heteroatoms. The smallest absolute Gasteiger partial charge is 0.119 e. The second kappa shape index (κ2) is 5.45. The van der Waals surface area contributed by atoms with Gasteiger partial charge in [-0.1, -0.05) is 18.2 Å². The van der Waals surface area contributed by atoms with E-state index in [2.05, 4.69) is 19.1 Å². The molecule has 0 amide bonds. The summed E-state index contributed by atoms with van der Waals surface area (Å²) in [7, 11) is 1.68. The van der Waals surface area contributed by atoms with Crippen molar-refractivity contribution in [2.24, 2.45) is 5.73 Å². The Morgan fingerprint density at radius 1 is 1.50 bits per heavy atom. The van der Waals surface area contributed by atoms with Gasteiger partial charge in [0.05, 0.1) is 7.11 Å². The highest BCUT2D eigenvalue weighted by Gasteiger charge is 1.96. The molecule has 0 aliphatic heterocycles. The number of hydrogen-bond donors (Lipinski definition) is 1. The third-order valence-corrected chi connectivity index (χ3v) is 2.14. The maximum atomic E-state index is 5.44. The van der Waals surface area contributed by atoms with Gasteiger partial charge in [-0.15, -0.1) is 0 Å². The molecule has 0 aromatic heterocycles. The van der Waals surface area contributed by atoms with Crippen molar-refractivity contribution in [2.45, 2.75) is 13.3 Å². The van der Waals surface area contributed by atoms with Crippen LogP contribution in [0.5, 0.6) is 5.75 Å². The Morgan fingerprint density at radius 2 is 2.29 bits per heavy atom. The first-order valence-corrected chi connectivity index (χ1v) is 4.79. The third-order valence-electron chi connectivity index (χ3n) is 2.14. The van der Waals surface area contributed by atoms with Crippen molar-refractivity contribution in [1.29, 1.82) is 0 Å². The summed E-state index contributed by atoms with van der Waals surface area (Å²) >= 11 is 0. The summed E-state index contributed by atoms with van der Waals surface area (Å²) in [5.41, 5.74) is 7.88. The third kappa shape index (κ3) is 2.89. The van der Waals surface area contributed by atoms with Crippen LogP contribution in [0.25, 0.3) is 5.57 Å². The van der Waals surface area contributed by atoms with Gasteiger partial charge in [-0.05, 0) is 43.2 Å². The fourth-order valence-corrected chi connectivity index (χ4v) is 1.29. The van der Waals surface area contributed by atoms with Crippen LogP contribution in [0.4, 0.5) is 0 Å². The molecule has 1 rings (SSSR count). The Kier molecular flexibility index (Phi) is 4.20. The first kappa shape index (κ1) is 10.8. The van der Waals surface area contributed by atoms with Crippen LogP contribution >= 0.6 is 0 Å². The Bertz CT molecular complexity index is 318. The quantitative estimate of drug-likeness (QED) is 0.793. The minimum Gasteiger partial charge on any atom is -0.497 e. The number of allylic oxidation sites excluding steroid dienone is 1. The number of methoxy groups -OCH3 is 1. The molecule has 76 valence electrons. The van der Waals surface area contributed by atoms with Crippen molar-refractivity contribution < 1.29 is 4.74 Å². The van der Waals surface area contributed by atoms with Crippen LogP contribution in [-0.2, 0) is 0 Å². The number of hydrogen-bond acceptors (Lipinski definition) is 2. The minimum absolute atomic E-state index is 0.696. The van der Waals surface area contributed by atoms with E-state index < -0.39 is 0 Å². The van der Waals surface area contributed by atoms with Crippen molar-refractivity contribution in [2.75, 3.05) is 13.7 Å². The van der Waals surface area contributed by atoms with Crippen molar-refractivity contribution in [3.05, 3.63) is 35.9 Å². The van der Waals surface area contributed by atoms with E-state index in [9.17, 15) is 0 Å². The number of ether oxygens (including phenoxy) is 1. The lowest BCUT2D eigenvalue weighted by molar-refractivity contribution is 0.414. The summed E-state index contributed by atoms with van der Waals surface area (Å²) in [4.78, 5) is 0. The SMILES string of the molecule is COc1cccc(/C(C)=C/CCN)c1. The second-order valence-electron chi connectivity index (χ2n) is 3.20. The molecule has 0 saturated heterocycles. The lowest BCUT2D eigenvalue weighted by Gasteiger charge is -2.04. The summed E-state index contributed by atoms with van der Waals surface area (Å²) in [5.74, 6) is 0.892. The topological polar surface area (TPSA) is 35.2 Å². The first-order chi connectivity index (χ1) is 6.77. The van der Waals surface area contributed by atoms with Crippen LogP contribution < -0.4 is 10.5 Å². The molecule has 14 heavy (non-hydrogen) atoms. The van der Waals surface area contributed by atoms with Crippen LogP contribution in [-0.4, -0.2) is 13.7 Å². The van der Waals surface area contributed by atoms with E-state index in [0.29, 0.717) is 6.54 Å². The molecule has 1 aromatic rings. The average Bonchev–Trinajstić information content (AvgIpc) is 2.26. The Hall–Kier alpha value is -1.28. The van der Waals surface area contributed by atoms with E-state index in [-0.39, 0.29) is 0 Å². The first-order valence-electron chi connectivity index (χ1n) is 4.79. The molecule has 0 fully saturated rings. The zero-order valence-corrected chi connectivity index (χ0v) is 8.79. The van der Waals surface area contributed by atoms with Gasteiger partial charge >= 0.3 is 0 Å². The maximum Gasteiger partial charge on any atom is 0.119 e. The van der Waals surface area contributed by atoms with E-state index in [1.54, 1.807) is 7.11 Å². The van der Waals surface area contributed by atoms with Crippen LogP contribution in [0.3, 0.4) is 0 Å². The standard InChI is InChI=1S/C12H17NO/c1-10(5-4-8-13)11-6-3-7-12(9-11)14-2/h3,5-7,9H,4,8,13H2,1-2H3/b10-5+. The highest BCUT2D eigenvalue weighted by atomic mass is 16.5. The highest BCUT2D eigenvalue weighted by molar-refractivity contribution is 5.64. The number of benzene rings is 1. The molecule has 0 atom stereocenters. The summed E-state index contributed by atoms with van der Waals surface area (Å²) in [6, 6.07) is 8.04. The van der Waals surface area contributed by atoms with E-state index >= 15 is 0 Å². The van der Waals surface area contributed by atoms with Crippen molar-refractivity contribution in [1.82, 2.24) is 0 Å². The van der Waals surface area contributed by atoms with Gasteiger partial charge in [0.2, 0.25) is 0 Å². The number of nitrogens with two attached hydrogens (primary N) is 1. The van der Waals surface area contributed by atoms with Gasteiger partial charge in [-0.25, -0.2) is 0 Å². The Morgan fingerprint density at radius 3 is 2.93 bits per heavy atom. The van der Waals surface area contributed by atoms with E-state index in [1.165, 1.54) is 11.1 Å². The van der Waals surface area contributed by atoms with Gasteiger partial charge in [-0.3, -0.25) is 0 Å². The van der Waals surface area contributed by atoms with Gasteiger partial charge in [0, 0.05) is 0 Å². The Balaban J connectivity index is 2.84. The van der Waals surface area contributed by atoms with Gasteiger partial charge in [0.1, 0.15) is 5.75 Å². The van der Waals surface area contributed by atoms with Crippen molar-refractivity contribution >= 4 is 5.57 Å². The summed E-state index contributed by atoms with van der Waals surface area (Å²) in [5, 5.41) is 0. The van der Waals surface area contributed by atoms with Gasteiger partial charge in [-0.2, -0.15) is 0 Å². The molecule has 1 aromatic carbocycles. The lowest BCUT2D eigenvalue weighted by atomic mass is 10.1. The zero-order valence-electron chi connectivity index (χ0n) is 8.79. The predicted octanol–water partition coefficient (Wildman–Crippen LogP) is 2.45. The minimum atomic E-state index is 0.696. The highest BCUT2D eigenvalue weighted by Crippen LogP contribution is 2.19. The Labute approximate surface area is 85.4 Å². The molecule has 0 aliphatic rings. The molecule has 2 nitrogen and oxygen atoms in total. The molecular weight excluding hydrogens is 174 g/mol. The molecule has 0 bridgehead atoms. The van der Waals surface area contributed by atoms with Crippen LogP contribution in [0.1, 0.15) is 18.9 Å². The average molecular weight is 191 g/mol. The fourth-order valence-electron chi connectivity index (χ4n) is 1.29. The number of rotatable bonds is 4. The molecule has 0 radical (unpaired) electrons. The second-order valence-corrected chi connectivity index (χ2v) is 3.20. The predicted molar refractivity (Wildman–Crippen MR) is 60.3 cm³/mol. The normalized spacial score (nSPS) is 11.5. The van der Waals surface area contributed by atoms with Crippen LogP contribution in [0.15, 0.2) is 30.3 Å². The van der Waals surface area contributed by atoms with Gasteiger partial charge < -0.3 is 10.5 Å². The molecule has 0 unspecified atom stereocenters. The van der Waals surface area contributed by atoms with Crippen molar-refractivity contribution in [3.8, 4) is 5.75 Å². The van der Waals surface area contributed by atoms with E-state index in [4.69, 9.17) is 10.5 Å². The molecular formula is C12H17NO. The molecule has 0 aliphatic carbocycles. The molecule has 0 saturated carbocycles. The van der Waals surface area contributed by atoms with Gasteiger partial charge in [0.25, 0.3) is 0 Å². The molecule has 0 heterocycles. The monoisotopic (exact) mass is 191 g/mol. The largest absolute Gasteiger partial charge is 0.497 e.